The fourth-order valence-electron chi connectivity index (χ4n) is 4.56. The molecule has 180 valence electrons. The Kier molecular flexibility index (Phi) is 6.02. The second-order valence-electron chi connectivity index (χ2n) is 8.97. The molecule has 1 aliphatic rings. The lowest BCUT2D eigenvalue weighted by Gasteiger charge is -2.40. The molecule has 2 aromatic heterocycles. The Morgan fingerprint density at radius 2 is 2.00 bits per heavy atom. The van der Waals surface area contributed by atoms with Gasteiger partial charge in [0.15, 0.2) is 0 Å². The van der Waals surface area contributed by atoms with Crippen molar-refractivity contribution in [3.05, 3.63) is 78.4 Å². The number of rotatable bonds is 5. The summed E-state index contributed by atoms with van der Waals surface area (Å²) in [5.74, 6) is -3.44. The summed E-state index contributed by atoms with van der Waals surface area (Å²) in [4.78, 5) is 20.6. The summed E-state index contributed by atoms with van der Waals surface area (Å²) < 4.78 is 32.2. The monoisotopic (exact) mass is 477 g/mol. The molecule has 0 unspecified atom stereocenters. The van der Waals surface area contributed by atoms with Gasteiger partial charge in [-0.2, -0.15) is 5.10 Å². The average molecular weight is 478 g/mol. The number of aliphatic hydroxyl groups is 1. The Bertz CT molecular complexity index is 1360. The molecule has 0 radical (unpaired) electrons. The van der Waals surface area contributed by atoms with Crippen LogP contribution in [0, 0.1) is 12.8 Å². The van der Waals surface area contributed by atoms with Crippen molar-refractivity contribution in [1.29, 1.82) is 0 Å². The number of fused-ring (bicyclic) bond motifs is 1. The van der Waals surface area contributed by atoms with Gasteiger partial charge in [0.2, 0.25) is 5.79 Å². The van der Waals surface area contributed by atoms with Crippen LogP contribution in [-0.4, -0.2) is 49.6 Å². The first-order chi connectivity index (χ1) is 16.8. The second kappa shape index (κ2) is 9.14. The number of carbonyl (C=O) groups is 1. The SMILES string of the molecule is Cc1cc(-c2ccc3cn([C@@]4(F)CC[C@H](CNC(=O)c5ccccc5)[C@@H](F)[C@H]4O)nc3c2)ncn1. The van der Waals surface area contributed by atoms with E-state index in [1.165, 1.54) is 12.5 Å². The van der Waals surface area contributed by atoms with Crippen LogP contribution < -0.4 is 5.32 Å². The molecule has 1 saturated carbocycles. The molecule has 4 atom stereocenters. The van der Waals surface area contributed by atoms with Crippen molar-refractivity contribution >= 4 is 16.8 Å². The zero-order chi connectivity index (χ0) is 24.6. The summed E-state index contributed by atoms with van der Waals surface area (Å²) >= 11 is 0. The molecular weight excluding hydrogens is 452 g/mol. The zero-order valence-electron chi connectivity index (χ0n) is 19.1. The van der Waals surface area contributed by atoms with Crippen molar-refractivity contribution in [2.75, 3.05) is 6.54 Å². The summed E-state index contributed by atoms with van der Waals surface area (Å²) in [6.45, 7) is 1.87. The van der Waals surface area contributed by atoms with Gasteiger partial charge in [-0.15, -0.1) is 0 Å². The minimum absolute atomic E-state index is 0.00479. The summed E-state index contributed by atoms with van der Waals surface area (Å²) in [6.07, 6.45) is -0.817. The lowest BCUT2D eigenvalue weighted by atomic mass is 9.80. The van der Waals surface area contributed by atoms with E-state index in [2.05, 4.69) is 20.4 Å². The fraction of sp³-hybridized carbons (Fsp3) is 0.308. The summed E-state index contributed by atoms with van der Waals surface area (Å²) in [6, 6.07) is 15.8. The van der Waals surface area contributed by atoms with Crippen LogP contribution in [0.25, 0.3) is 22.2 Å². The van der Waals surface area contributed by atoms with Gasteiger partial charge in [-0.3, -0.25) is 4.79 Å². The number of amides is 1. The van der Waals surface area contributed by atoms with E-state index in [4.69, 9.17) is 0 Å². The number of aliphatic hydroxyl groups excluding tert-OH is 1. The van der Waals surface area contributed by atoms with E-state index in [-0.39, 0.29) is 25.3 Å². The Hall–Kier alpha value is -3.72. The predicted octanol–water partition coefficient (Wildman–Crippen LogP) is 3.96. The standard InChI is InChI=1S/C26H25F2N5O2/c1-16-11-21(31-15-30-16)18-7-8-20-14-33(32-22(20)12-18)26(28)10-9-19(23(27)24(26)34)13-29-25(35)17-5-3-2-4-6-17/h2-8,11-12,14-15,19,23-24,34H,9-10,13H2,1H3,(H,29,35)/t19-,23-,24-,26+/m1/s1. The van der Waals surface area contributed by atoms with E-state index in [0.717, 1.165) is 15.9 Å². The maximum atomic E-state index is 16.0. The third kappa shape index (κ3) is 4.39. The molecule has 0 saturated heterocycles. The van der Waals surface area contributed by atoms with Crippen LogP contribution in [0.15, 0.2) is 67.1 Å². The molecule has 2 heterocycles. The van der Waals surface area contributed by atoms with Crippen LogP contribution in [-0.2, 0) is 5.79 Å². The minimum atomic E-state index is -2.40. The molecule has 4 aromatic rings. The van der Waals surface area contributed by atoms with Gasteiger partial charge in [-0.05, 0) is 37.6 Å². The molecule has 7 nitrogen and oxygen atoms in total. The van der Waals surface area contributed by atoms with Gasteiger partial charge in [-0.1, -0.05) is 30.3 Å². The van der Waals surface area contributed by atoms with E-state index in [1.807, 2.05) is 19.1 Å². The first kappa shape index (κ1) is 23.0. The molecule has 0 bridgehead atoms. The van der Waals surface area contributed by atoms with Gasteiger partial charge < -0.3 is 10.4 Å². The number of aromatic nitrogens is 4. The van der Waals surface area contributed by atoms with Crippen LogP contribution in [0.5, 0.6) is 0 Å². The van der Waals surface area contributed by atoms with Crippen LogP contribution in [0.2, 0.25) is 0 Å². The maximum Gasteiger partial charge on any atom is 0.251 e. The number of benzene rings is 2. The number of nitrogens with zero attached hydrogens (tertiary/aromatic N) is 4. The fourth-order valence-corrected chi connectivity index (χ4v) is 4.56. The molecule has 1 amide bonds. The normalized spacial score (nSPS) is 24.4. The molecule has 2 N–H and O–H groups in total. The number of hydrogen-bond acceptors (Lipinski definition) is 5. The number of alkyl halides is 2. The van der Waals surface area contributed by atoms with E-state index >= 15 is 8.78 Å². The molecule has 2 aromatic carbocycles. The Balaban J connectivity index is 1.32. The van der Waals surface area contributed by atoms with Crippen LogP contribution in [0.3, 0.4) is 0 Å². The molecule has 0 aliphatic heterocycles. The van der Waals surface area contributed by atoms with Gasteiger partial charge >= 0.3 is 0 Å². The minimum Gasteiger partial charge on any atom is -0.385 e. The van der Waals surface area contributed by atoms with Crippen molar-refractivity contribution in [3.63, 3.8) is 0 Å². The van der Waals surface area contributed by atoms with E-state index in [0.29, 0.717) is 22.2 Å². The number of halogens is 2. The molecular formula is C26H25F2N5O2. The Morgan fingerprint density at radius 1 is 1.20 bits per heavy atom. The predicted molar refractivity (Wildman–Crippen MR) is 127 cm³/mol. The van der Waals surface area contributed by atoms with Crippen LogP contribution in [0.4, 0.5) is 8.78 Å². The number of aryl methyl sites for hydroxylation is 1. The highest BCUT2D eigenvalue weighted by Gasteiger charge is 2.52. The van der Waals surface area contributed by atoms with Crippen molar-refractivity contribution in [3.8, 4) is 11.3 Å². The summed E-state index contributed by atoms with van der Waals surface area (Å²) in [5.41, 5.74) is 3.29. The number of carbonyl (C=O) groups excluding carboxylic acids is 1. The third-order valence-electron chi connectivity index (χ3n) is 6.62. The van der Waals surface area contributed by atoms with E-state index in [1.54, 1.807) is 42.5 Å². The number of hydrogen-bond donors (Lipinski definition) is 2. The lowest BCUT2D eigenvalue weighted by Crippen LogP contribution is -2.54. The molecule has 1 aliphatic carbocycles. The zero-order valence-corrected chi connectivity index (χ0v) is 19.1. The first-order valence-corrected chi connectivity index (χ1v) is 11.5. The van der Waals surface area contributed by atoms with Gasteiger partial charge in [0.1, 0.15) is 18.6 Å². The molecule has 5 rings (SSSR count). The highest BCUT2D eigenvalue weighted by molar-refractivity contribution is 5.94. The quantitative estimate of drug-likeness (QED) is 0.454. The lowest BCUT2D eigenvalue weighted by molar-refractivity contribution is -0.153. The van der Waals surface area contributed by atoms with Crippen LogP contribution >= 0.6 is 0 Å². The largest absolute Gasteiger partial charge is 0.385 e. The van der Waals surface area contributed by atoms with Crippen molar-refractivity contribution in [2.24, 2.45) is 5.92 Å². The molecule has 35 heavy (non-hydrogen) atoms. The second-order valence-corrected chi connectivity index (χ2v) is 8.97. The third-order valence-corrected chi connectivity index (χ3v) is 6.62. The average Bonchev–Trinajstić information content (AvgIpc) is 3.31. The topological polar surface area (TPSA) is 92.9 Å². The maximum absolute atomic E-state index is 16.0. The van der Waals surface area contributed by atoms with Crippen molar-refractivity contribution in [2.45, 2.75) is 37.8 Å². The Morgan fingerprint density at radius 3 is 2.77 bits per heavy atom. The van der Waals surface area contributed by atoms with Crippen molar-refractivity contribution < 1.29 is 18.7 Å². The van der Waals surface area contributed by atoms with Crippen LogP contribution in [0.1, 0.15) is 28.9 Å². The summed E-state index contributed by atoms with van der Waals surface area (Å²) in [5, 5.41) is 18.3. The van der Waals surface area contributed by atoms with Gasteiger partial charge in [0.25, 0.3) is 5.91 Å². The molecule has 9 heteroatoms. The smallest absolute Gasteiger partial charge is 0.251 e. The van der Waals surface area contributed by atoms with Gasteiger partial charge in [0, 0.05) is 47.3 Å². The summed E-state index contributed by atoms with van der Waals surface area (Å²) in [7, 11) is 0. The molecule has 0 spiro atoms. The Labute approximate surface area is 200 Å². The van der Waals surface area contributed by atoms with E-state index in [9.17, 15) is 9.90 Å². The van der Waals surface area contributed by atoms with Gasteiger partial charge in [-0.25, -0.2) is 23.4 Å². The number of nitrogens with one attached hydrogen (secondary N) is 1. The molecule has 1 fully saturated rings. The highest BCUT2D eigenvalue weighted by atomic mass is 19.2. The highest BCUT2D eigenvalue weighted by Crippen LogP contribution is 2.41. The first-order valence-electron chi connectivity index (χ1n) is 11.5. The van der Waals surface area contributed by atoms with Crippen molar-refractivity contribution in [1.82, 2.24) is 25.1 Å². The van der Waals surface area contributed by atoms with Gasteiger partial charge in [0.05, 0.1) is 11.2 Å². The van der Waals surface area contributed by atoms with E-state index < -0.39 is 24.0 Å².